The first-order valence-corrected chi connectivity index (χ1v) is 8.42. The largest absolute Gasteiger partial charge is 0.304 e. The molecule has 3 rings (SSSR count). The molecule has 1 aliphatic carbocycles. The van der Waals surface area contributed by atoms with Crippen LogP contribution in [0.1, 0.15) is 46.8 Å². The maximum Gasteiger partial charge on any atom is 0.0857 e. The van der Waals surface area contributed by atoms with E-state index >= 15 is 0 Å². The van der Waals surface area contributed by atoms with Crippen LogP contribution in [0.5, 0.6) is 0 Å². The Balaban J connectivity index is 1.97. The van der Waals surface area contributed by atoms with Crippen LogP contribution in [-0.2, 0) is 19.9 Å². The fourth-order valence-electron chi connectivity index (χ4n) is 2.86. The van der Waals surface area contributed by atoms with Crippen molar-refractivity contribution in [3.8, 4) is 0 Å². The Kier molecular flexibility index (Phi) is 4.15. The molecule has 3 nitrogen and oxygen atoms in total. The first kappa shape index (κ1) is 14.1. The molecule has 2 aromatic rings. The highest BCUT2D eigenvalue weighted by atomic mass is 35.5. The van der Waals surface area contributed by atoms with Gasteiger partial charge in [0.1, 0.15) is 0 Å². The lowest BCUT2D eigenvalue weighted by Crippen LogP contribution is -2.24. The van der Waals surface area contributed by atoms with Gasteiger partial charge >= 0.3 is 0 Å². The van der Waals surface area contributed by atoms with Gasteiger partial charge in [-0.3, -0.25) is 4.68 Å². The van der Waals surface area contributed by atoms with Crippen molar-refractivity contribution >= 4 is 22.9 Å². The monoisotopic (exact) mass is 309 g/mol. The van der Waals surface area contributed by atoms with Crippen LogP contribution in [-0.4, -0.2) is 16.3 Å². The van der Waals surface area contributed by atoms with E-state index in [0.29, 0.717) is 0 Å². The van der Waals surface area contributed by atoms with Crippen LogP contribution < -0.4 is 5.32 Å². The smallest absolute Gasteiger partial charge is 0.0857 e. The number of nitrogens with zero attached hydrogens (tertiary/aromatic N) is 2. The molecule has 0 spiro atoms. The van der Waals surface area contributed by atoms with E-state index in [9.17, 15) is 0 Å². The fraction of sp³-hybridized carbons (Fsp3) is 0.533. The number of aromatic nitrogens is 2. The SMILES string of the molecule is CCCNC(c1cc2c(s1)CCC2)c1c(Cl)cnn1C. The van der Waals surface area contributed by atoms with Gasteiger partial charge in [0.25, 0.3) is 0 Å². The van der Waals surface area contributed by atoms with E-state index < -0.39 is 0 Å². The molecule has 1 atom stereocenters. The van der Waals surface area contributed by atoms with Crippen molar-refractivity contribution in [2.45, 2.75) is 38.6 Å². The van der Waals surface area contributed by atoms with Gasteiger partial charge in [0.15, 0.2) is 0 Å². The van der Waals surface area contributed by atoms with Gasteiger partial charge in [-0.1, -0.05) is 18.5 Å². The summed E-state index contributed by atoms with van der Waals surface area (Å²) in [7, 11) is 1.96. The van der Waals surface area contributed by atoms with Crippen molar-refractivity contribution in [1.29, 1.82) is 0 Å². The predicted octanol–water partition coefficient (Wildman–Crippen LogP) is 3.71. The lowest BCUT2D eigenvalue weighted by Gasteiger charge is -2.18. The Morgan fingerprint density at radius 1 is 1.50 bits per heavy atom. The molecule has 0 saturated heterocycles. The highest BCUT2D eigenvalue weighted by Gasteiger charge is 2.25. The molecule has 20 heavy (non-hydrogen) atoms. The minimum atomic E-state index is 0.158. The van der Waals surface area contributed by atoms with Gasteiger partial charge in [0.2, 0.25) is 0 Å². The van der Waals surface area contributed by atoms with E-state index in [1.54, 1.807) is 11.1 Å². The second-order valence-corrected chi connectivity index (χ2v) is 6.91. The minimum Gasteiger partial charge on any atom is -0.304 e. The molecular formula is C15H20ClN3S. The third-order valence-corrected chi connectivity index (χ3v) is 5.45. The summed E-state index contributed by atoms with van der Waals surface area (Å²) in [5.74, 6) is 0. The third kappa shape index (κ3) is 2.52. The molecule has 0 aromatic carbocycles. The number of hydrogen-bond acceptors (Lipinski definition) is 3. The van der Waals surface area contributed by atoms with Crippen LogP contribution in [0.3, 0.4) is 0 Å². The Labute approximate surface area is 129 Å². The quantitative estimate of drug-likeness (QED) is 0.912. The van der Waals surface area contributed by atoms with E-state index in [1.807, 2.05) is 23.1 Å². The fourth-order valence-corrected chi connectivity index (χ4v) is 4.47. The topological polar surface area (TPSA) is 29.9 Å². The minimum absolute atomic E-state index is 0.158. The Hall–Kier alpha value is -0.840. The number of fused-ring (bicyclic) bond motifs is 1. The highest BCUT2D eigenvalue weighted by Crippen LogP contribution is 2.37. The number of aryl methyl sites for hydroxylation is 3. The van der Waals surface area contributed by atoms with E-state index in [2.05, 4.69) is 23.4 Å². The van der Waals surface area contributed by atoms with Crippen molar-refractivity contribution in [3.05, 3.63) is 38.3 Å². The summed E-state index contributed by atoms with van der Waals surface area (Å²) >= 11 is 8.28. The maximum atomic E-state index is 6.34. The Morgan fingerprint density at radius 2 is 2.35 bits per heavy atom. The molecule has 0 saturated carbocycles. The zero-order chi connectivity index (χ0) is 14.1. The van der Waals surface area contributed by atoms with Crippen LogP contribution in [0, 0.1) is 0 Å². The summed E-state index contributed by atoms with van der Waals surface area (Å²) in [6.45, 7) is 3.16. The molecule has 2 heterocycles. The summed E-state index contributed by atoms with van der Waals surface area (Å²) < 4.78 is 1.89. The first-order valence-electron chi connectivity index (χ1n) is 7.23. The average Bonchev–Trinajstić information content (AvgIpc) is 3.08. The second-order valence-electron chi connectivity index (χ2n) is 5.34. The average molecular weight is 310 g/mol. The number of rotatable bonds is 5. The summed E-state index contributed by atoms with van der Waals surface area (Å²) in [6, 6.07) is 2.52. The van der Waals surface area contributed by atoms with Gasteiger partial charge in [0, 0.05) is 16.8 Å². The third-order valence-electron chi connectivity index (χ3n) is 3.86. The van der Waals surface area contributed by atoms with Crippen molar-refractivity contribution in [2.75, 3.05) is 6.54 Å². The van der Waals surface area contributed by atoms with Crippen molar-refractivity contribution < 1.29 is 0 Å². The van der Waals surface area contributed by atoms with Gasteiger partial charge in [-0.15, -0.1) is 11.3 Å². The first-order chi connectivity index (χ1) is 9.70. The van der Waals surface area contributed by atoms with Crippen molar-refractivity contribution in [2.24, 2.45) is 7.05 Å². The van der Waals surface area contributed by atoms with Crippen molar-refractivity contribution in [1.82, 2.24) is 15.1 Å². The van der Waals surface area contributed by atoms with Crippen LogP contribution in [0.25, 0.3) is 0 Å². The van der Waals surface area contributed by atoms with Crippen LogP contribution in [0.4, 0.5) is 0 Å². The predicted molar refractivity (Wildman–Crippen MR) is 84.7 cm³/mol. The van der Waals surface area contributed by atoms with Crippen LogP contribution >= 0.6 is 22.9 Å². The van der Waals surface area contributed by atoms with Crippen LogP contribution in [0.2, 0.25) is 5.02 Å². The van der Waals surface area contributed by atoms with Gasteiger partial charge in [-0.25, -0.2) is 0 Å². The molecule has 1 N–H and O–H groups in total. The van der Waals surface area contributed by atoms with Gasteiger partial charge in [-0.2, -0.15) is 5.10 Å². The zero-order valence-corrected chi connectivity index (χ0v) is 13.5. The summed E-state index contributed by atoms with van der Waals surface area (Å²) in [6.07, 6.45) is 6.61. The van der Waals surface area contributed by atoms with E-state index in [0.717, 1.165) is 23.7 Å². The lowest BCUT2D eigenvalue weighted by atomic mass is 10.1. The number of thiophene rings is 1. The number of hydrogen-bond donors (Lipinski definition) is 1. The molecule has 0 fully saturated rings. The summed E-state index contributed by atoms with van der Waals surface area (Å²) in [4.78, 5) is 2.93. The molecule has 0 aliphatic heterocycles. The van der Waals surface area contributed by atoms with E-state index in [1.165, 1.54) is 29.7 Å². The molecule has 1 aliphatic rings. The lowest BCUT2D eigenvalue weighted by molar-refractivity contribution is 0.559. The molecule has 0 amide bonds. The molecule has 1 unspecified atom stereocenters. The summed E-state index contributed by atoms with van der Waals surface area (Å²) in [5, 5.41) is 8.65. The normalized spacial score (nSPS) is 15.6. The Bertz CT molecular complexity index is 561. The standard InChI is InChI=1S/C15H20ClN3S/c1-3-7-17-14(15-11(16)9-18-19(15)2)13-8-10-5-4-6-12(10)20-13/h8-9,14,17H,3-7H2,1-2H3. The van der Waals surface area contributed by atoms with E-state index in [-0.39, 0.29) is 6.04 Å². The molecular weight excluding hydrogens is 290 g/mol. The van der Waals surface area contributed by atoms with E-state index in [4.69, 9.17) is 11.6 Å². The molecule has 2 aromatic heterocycles. The maximum absolute atomic E-state index is 6.34. The zero-order valence-electron chi connectivity index (χ0n) is 11.9. The number of halogens is 1. The van der Waals surface area contributed by atoms with Gasteiger partial charge in [-0.05, 0) is 43.9 Å². The molecule has 5 heteroatoms. The van der Waals surface area contributed by atoms with Gasteiger partial charge < -0.3 is 5.32 Å². The number of nitrogens with one attached hydrogen (secondary N) is 1. The molecule has 0 radical (unpaired) electrons. The summed E-state index contributed by atoms with van der Waals surface area (Å²) in [5.41, 5.74) is 2.60. The Morgan fingerprint density at radius 3 is 3.00 bits per heavy atom. The second kappa shape index (κ2) is 5.88. The van der Waals surface area contributed by atoms with Crippen LogP contribution in [0.15, 0.2) is 12.3 Å². The highest BCUT2D eigenvalue weighted by molar-refractivity contribution is 7.12. The van der Waals surface area contributed by atoms with Gasteiger partial charge in [0.05, 0.1) is 23.0 Å². The van der Waals surface area contributed by atoms with Crippen molar-refractivity contribution in [3.63, 3.8) is 0 Å². The molecule has 108 valence electrons. The molecule has 0 bridgehead atoms.